The Kier molecular flexibility index (Phi) is 5.21. The highest BCUT2D eigenvalue weighted by molar-refractivity contribution is 7.99. The van der Waals surface area contributed by atoms with Crippen LogP contribution in [0.25, 0.3) is 10.2 Å². The van der Waals surface area contributed by atoms with Gasteiger partial charge in [-0.15, -0.1) is 11.3 Å². The molecule has 154 valence electrons. The molecule has 0 radical (unpaired) electrons. The molecular weight excluding hydrogens is 408 g/mol. The minimum atomic E-state index is -0.0918. The molecule has 1 saturated heterocycles. The van der Waals surface area contributed by atoms with E-state index in [1.807, 2.05) is 11.5 Å². The fraction of sp³-hybridized carbons (Fsp3) is 0.600. The van der Waals surface area contributed by atoms with Gasteiger partial charge in [0, 0.05) is 11.5 Å². The summed E-state index contributed by atoms with van der Waals surface area (Å²) in [7, 11) is 0. The Morgan fingerprint density at radius 1 is 1.28 bits per heavy atom. The number of rotatable bonds is 5. The maximum absolute atomic E-state index is 13.6. The molecule has 0 spiro atoms. The van der Waals surface area contributed by atoms with E-state index in [9.17, 15) is 4.79 Å². The van der Waals surface area contributed by atoms with Crippen molar-refractivity contribution in [3.63, 3.8) is 0 Å². The van der Waals surface area contributed by atoms with Gasteiger partial charge in [0.25, 0.3) is 5.56 Å². The van der Waals surface area contributed by atoms with Crippen LogP contribution in [0.2, 0.25) is 0 Å². The molecule has 3 aromatic rings. The average Bonchev–Trinajstić information content (AvgIpc) is 3.44. The standard InChI is InChI=1S/C20H24N4O3S2/c1-11(17-21-12(2)23-27-17)28-20-22-18-16(14-7-3-4-8-15(14)29-18)19(25)24(20)10-13-6-5-9-26-13/h11,13H,3-10H2,1-2H3. The molecular formula is C20H24N4O3S2. The lowest BCUT2D eigenvalue weighted by atomic mass is 9.97. The molecule has 1 fully saturated rings. The molecule has 9 heteroatoms. The summed E-state index contributed by atoms with van der Waals surface area (Å²) in [5, 5.41) is 5.33. The lowest BCUT2D eigenvalue weighted by molar-refractivity contribution is 0.0937. The van der Waals surface area contributed by atoms with Crippen LogP contribution in [0.3, 0.4) is 0 Å². The van der Waals surface area contributed by atoms with E-state index in [2.05, 4.69) is 10.1 Å². The number of aryl methyl sites for hydroxylation is 3. The average molecular weight is 433 g/mol. The largest absolute Gasteiger partial charge is 0.376 e. The van der Waals surface area contributed by atoms with Crippen LogP contribution in [0.4, 0.5) is 0 Å². The second-order valence-corrected chi connectivity index (χ2v) is 10.2. The van der Waals surface area contributed by atoms with Crippen molar-refractivity contribution in [2.45, 2.75) is 75.4 Å². The van der Waals surface area contributed by atoms with Crippen molar-refractivity contribution in [3.05, 3.63) is 32.5 Å². The zero-order chi connectivity index (χ0) is 20.0. The summed E-state index contributed by atoms with van der Waals surface area (Å²) in [4.78, 5) is 25.1. The van der Waals surface area contributed by atoms with Gasteiger partial charge in [-0.3, -0.25) is 9.36 Å². The Balaban J connectivity index is 1.59. The lowest BCUT2D eigenvalue weighted by Crippen LogP contribution is -2.29. The summed E-state index contributed by atoms with van der Waals surface area (Å²) in [6.07, 6.45) is 6.48. The van der Waals surface area contributed by atoms with Crippen LogP contribution in [-0.4, -0.2) is 32.4 Å². The molecule has 4 heterocycles. The van der Waals surface area contributed by atoms with Gasteiger partial charge < -0.3 is 9.26 Å². The molecule has 5 rings (SSSR count). The van der Waals surface area contributed by atoms with Crippen molar-refractivity contribution in [2.75, 3.05) is 6.61 Å². The highest BCUT2D eigenvalue weighted by Gasteiger charge is 2.26. The number of ether oxygens (including phenoxy) is 1. The van der Waals surface area contributed by atoms with Crippen molar-refractivity contribution < 1.29 is 9.26 Å². The van der Waals surface area contributed by atoms with Crippen LogP contribution in [0.1, 0.15) is 60.0 Å². The number of nitrogens with zero attached hydrogens (tertiary/aromatic N) is 4. The lowest BCUT2D eigenvalue weighted by Gasteiger charge is -2.17. The first-order valence-corrected chi connectivity index (χ1v) is 11.9. The van der Waals surface area contributed by atoms with Gasteiger partial charge in [-0.05, 0) is 57.9 Å². The van der Waals surface area contributed by atoms with E-state index in [4.69, 9.17) is 14.2 Å². The zero-order valence-corrected chi connectivity index (χ0v) is 18.3. The molecule has 1 aliphatic heterocycles. The fourth-order valence-electron chi connectivity index (χ4n) is 4.15. The summed E-state index contributed by atoms with van der Waals surface area (Å²) in [6.45, 7) is 5.12. The molecule has 0 aromatic carbocycles. The molecule has 2 unspecified atom stereocenters. The van der Waals surface area contributed by atoms with Crippen molar-refractivity contribution in [3.8, 4) is 0 Å². The Morgan fingerprint density at radius 2 is 2.14 bits per heavy atom. The molecule has 0 bridgehead atoms. The van der Waals surface area contributed by atoms with E-state index < -0.39 is 0 Å². The quantitative estimate of drug-likeness (QED) is 0.444. The van der Waals surface area contributed by atoms with Gasteiger partial charge >= 0.3 is 0 Å². The Bertz CT molecular complexity index is 1100. The van der Waals surface area contributed by atoms with Crippen molar-refractivity contribution in [2.24, 2.45) is 0 Å². The third kappa shape index (κ3) is 3.64. The van der Waals surface area contributed by atoms with E-state index >= 15 is 0 Å². The molecule has 2 aliphatic rings. The van der Waals surface area contributed by atoms with Gasteiger partial charge in [-0.25, -0.2) is 4.98 Å². The molecule has 7 nitrogen and oxygen atoms in total. The minimum absolute atomic E-state index is 0.0707. The predicted octanol–water partition coefficient (Wildman–Crippen LogP) is 4.06. The highest BCUT2D eigenvalue weighted by Crippen LogP contribution is 2.37. The summed E-state index contributed by atoms with van der Waals surface area (Å²) in [6, 6.07) is 0. The fourth-order valence-corrected chi connectivity index (χ4v) is 6.40. The normalized spacial score (nSPS) is 20.3. The second kappa shape index (κ2) is 7.85. The van der Waals surface area contributed by atoms with Crippen LogP contribution in [0.5, 0.6) is 0 Å². The monoisotopic (exact) mass is 432 g/mol. The summed E-state index contributed by atoms with van der Waals surface area (Å²) in [5.74, 6) is 1.16. The highest BCUT2D eigenvalue weighted by atomic mass is 32.2. The number of fused-ring (bicyclic) bond motifs is 3. The first-order valence-electron chi connectivity index (χ1n) is 10.2. The Labute approximate surface area is 176 Å². The third-order valence-corrected chi connectivity index (χ3v) is 7.89. The molecule has 29 heavy (non-hydrogen) atoms. The van der Waals surface area contributed by atoms with E-state index in [-0.39, 0.29) is 16.9 Å². The van der Waals surface area contributed by atoms with Gasteiger partial charge in [-0.1, -0.05) is 16.9 Å². The van der Waals surface area contributed by atoms with Gasteiger partial charge in [-0.2, -0.15) is 4.98 Å². The van der Waals surface area contributed by atoms with Crippen molar-refractivity contribution in [1.29, 1.82) is 0 Å². The zero-order valence-electron chi connectivity index (χ0n) is 16.6. The molecule has 0 amide bonds. The first kappa shape index (κ1) is 19.3. The smallest absolute Gasteiger partial charge is 0.263 e. The molecule has 2 atom stereocenters. The molecule has 1 aliphatic carbocycles. The predicted molar refractivity (Wildman–Crippen MR) is 113 cm³/mol. The molecule has 0 N–H and O–H groups in total. The SMILES string of the molecule is Cc1noc(C(C)Sc2nc3sc4c(c3c(=O)n2CC2CCCO2)CCCC4)n1. The topological polar surface area (TPSA) is 83.0 Å². The summed E-state index contributed by atoms with van der Waals surface area (Å²) in [5.41, 5.74) is 1.30. The summed E-state index contributed by atoms with van der Waals surface area (Å²) < 4.78 is 13.0. The van der Waals surface area contributed by atoms with Gasteiger partial charge in [0.2, 0.25) is 5.89 Å². The van der Waals surface area contributed by atoms with E-state index in [0.29, 0.717) is 23.4 Å². The van der Waals surface area contributed by atoms with Gasteiger partial charge in [0.15, 0.2) is 11.0 Å². The Morgan fingerprint density at radius 3 is 2.90 bits per heavy atom. The molecule has 0 saturated carbocycles. The maximum atomic E-state index is 13.6. The van der Waals surface area contributed by atoms with Crippen molar-refractivity contribution in [1.82, 2.24) is 19.7 Å². The van der Waals surface area contributed by atoms with Crippen LogP contribution < -0.4 is 5.56 Å². The van der Waals surface area contributed by atoms with E-state index in [1.54, 1.807) is 18.3 Å². The van der Waals surface area contributed by atoms with E-state index in [0.717, 1.165) is 48.9 Å². The van der Waals surface area contributed by atoms with Crippen LogP contribution in [-0.2, 0) is 24.1 Å². The van der Waals surface area contributed by atoms with E-state index in [1.165, 1.54) is 28.6 Å². The summed E-state index contributed by atoms with van der Waals surface area (Å²) >= 11 is 3.19. The minimum Gasteiger partial charge on any atom is -0.376 e. The number of hydrogen-bond donors (Lipinski definition) is 0. The number of thiophene rings is 1. The van der Waals surface area contributed by atoms with Gasteiger partial charge in [0.1, 0.15) is 4.83 Å². The van der Waals surface area contributed by atoms with Crippen LogP contribution >= 0.6 is 23.1 Å². The van der Waals surface area contributed by atoms with Crippen LogP contribution in [0.15, 0.2) is 14.5 Å². The second-order valence-electron chi connectivity index (χ2n) is 7.78. The molecule has 3 aromatic heterocycles. The number of thioether (sulfide) groups is 1. The first-order chi connectivity index (χ1) is 14.1. The van der Waals surface area contributed by atoms with Crippen molar-refractivity contribution >= 4 is 33.3 Å². The maximum Gasteiger partial charge on any atom is 0.263 e. The number of aromatic nitrogens is 4. The Hall–Kier alpha value is -1.71. The van der Waals surface area contributed by atoms with Gasteiger partial charge in [0.05, 0.1) is 23.3 Å². The third-order valence-electron chi connectivity index (χ3n) is 5.62. The van der Waals surface area contributed by atoms with Crippen LogP contribution in [0, 0.1) is 6.92 Å². The number of hydrogen-bond acceptors (Lipinski definition) is 8.